The summed E-state index contributed by atoms with van der Waals surface area (Å²) in [5.41, 5.74) is -0.492. The maximum Gasteiger partial charge on any atom is 0.336 e. The van der Waals surface area contributed by atoms with Crippen molar-refractivity contribution in [3.63, 3.8) is 0 Å². The van der Waals surface area contributed by atoms with Crippen LogP contribution in [0, 0.1) is 0 Å². The van der Waals surface area contributed by atoms with Crippen LogP contribution in [-0.4, -0.2) is 38.2 Å². The molecule has 19 heavy (non-hydrogen) atoms. The van der Waals surface area contributed by atoms with Crippen LogP contribution >= 0.6 is 11.3 Å². The van der Waals surface area contributed by atoms with Crippen LogP contribution in [0.1, 0.15) is 30.1 Å². The minimum absolute atomic E-state index is 0.00602. The first kappa shape index (κ1) is 14.4. The largest absolute Gasteiger partial charge is 0.478 e. The fraction of sp³-hybridized carbons (Fsp3) is 0.545. The second-order valence-corrected chi connectivity index (χ2v) is 7.59. The van der Waals surface area contributed by atoms with Gasteiger partial charge in [0, 0.05) is 18.5 Å². The monoisotopic (exact) mass is 305 g/mol. The van der Waals surface area contributed by atoms with E-state index in [1.165, 1.54) is 5.38 Å². The van der Waals surface area contributed by atoms with Gasteiger partial charge in [0.05, 0.1) is 11.2 Å². The number of hydrogen-bond acceptors (Lipinski definition) is 5. The molecule has 1 aliphatic heterocycles. The predicted octanol–water partition coefficient (Wildman–Crippen LogP) is 1.29. The molecule has 0 aliphatic carbocycles. The Balaban J connectivity index is 2.07. The first-order valence-electron chi connectivity index (χ1n) is 5.78. The molecule has 0 spiro atoms. The van der Waals surface area contributed by atoms with Crippen LogP contribution in [0.25, 0.3) is 0 Å². The number of nitrogens with one attached hydrogen (secondary N) is 1. The van der Waals surface area contributed by atoms with Gasteiger partial charge in [-0.25, -0.2) is 17.9 Å². The molecule has 0 saturated carbocycles. The molecule has 1 fully saturated rings. The molecule has 2 rings (SSSR count). The van der Waals surface area contributed by atoms with E-state index in [9.17, 15) is 13.2 Å². The Hall–Kier alpha value is -0.960. The molecule has 0 aromatic carbocycles. The molecule has 2 heterocycles. The molecule has 0 bridgehead atoms. The van der Waals surface area contributed by atoms with Crippen molar-refractivity contribution >= 4 is 27.3 Å². The van der Waals surface area contributed by atoms with Crippen molar-refractivity contribution in [3.05, 3.63) is 17.0 Å². The Morgan fingerprint density at radius 3 is 2.89 bits per heavy atom. The van der Waals surface area contributed by atoms with Crippen molar-refractivity contribution in [2.75, 3.05) is 13.2 Å². The molecular weight excluding hydrogens is 290 g/mol. The van der Waals surface area contributed by atoms with Crippen LogP contribution in [0.5, 0.6) is 0 Å². The summed E-state index contributed by atoms with van der Waals surface area (Å²) in [5, 5.41) is 10.1. The van der Waals surface area contributed by atoms with E-state index in [4.69, 9.17) is 9.84 Å². The number of thiophene rings is 1. The lowest BCUT2D eigenvalue weighted by Crippen LogP contribution is -2.39. The Morgan fingerprint density at radius 1 is 1.63 bits per heavy atom. The summed E-state index contributed by atoms with van der Waals surface area (Å²) in [6, 6.07) is 1.16. The van der Waals surface area contributed by atoms with E-state index in [0.29, 0.717) is 6.61 Å². The van der Waals surface area contributed by atoms with Crippen molar-refractivity contribution in [1.29, 1.82) is 0 Å². The zero-order valence-corrected chi connectivity index (χ0v) is 12.0. The van der Waals surface area contributed by atoms with E-state index in [0.717, 1.165) is 30.2 Å². The zero-order chi connectivity index (χ0) is 14.1. The second kappa shape index (κ2) is 5.20. The highest BCUT2D eigenvalue weighted by Crippen LogP contribution is 2.25. The van der Waals surface area contributed by atoms with Crippen molar-refractivity contribution in [2.24, 2.45) is 0 Å². The molecule has 0 amide bonds. The van der Waals surface area contributed by atoms with Crippen LogP contribution in [0.15, 0.2) is 15.7 Å². The van der Waals surface area contributed by atoms with Crippen LogP contribution in [-0.2, 0) is 14.8 Å². The molecule has 6 nitrogen and oxygen atoms in total. The molecule has 106 valence electrons. The number of carboxylic acid groups (broad SMARTS) is 1. The molecule has 0 radical (unpaired) electrons. The fourth-order valence-electron chi connectivity index (χ4n) is 1.86. The normalized spacial score (nSPS) is 23.6. The van der Waals surface area contributed by atoms with E-state index < -0.39 is 21.6 Å². The van der Waals surface area contributed by atoms with Crippen molar-refractivity contribution < 1.29 is 23.1 Å². The fourth-order valence-corrected chi connectivity index (χ4v) is 4.22. The molecule has 1 aromatic heterocycles. The lowest BCUT2D eigenvalue weighted by atomic mass is 10.0. The highest BCUT2D eigenvalue weighted by atomic mass is 32.2. The Labute approximate surface area is 115 Å². The first-order chi connectivity index (χ1) is 8.82. The van der Waals surface area contributed by atoms with E-state index in [-0.39, 0.29) is 16.3 Å². The van der Waals surface area contributed by atoms with Crippen molar-refractivity contribution in [2.45, 2.75) is 29.6 Å². The minimum Gasteiger partial charge on any atom is -0.478 e. The van der Waals surface area contributed by atoms with Crippen LogP contribution in [0.2, 0.25) is 0 Å². The van der Waals surface area contributed by atoms with E-state index in [1.54, 1.807) is 0 Å². The number of sulfonamides is 1. The molecule has 1 unspecified atom stereocenters. The summed E-state index contributed by atoms with van der Waals surface area (Å²) in [4.78, 5) is 10.7. The Bertz CT molecular complexity index is 572. The second-order valence-electron chi connectivity index (χ2n) is 4.69. The van der Waals surface area contributed by atoms with Gasteiger partial charge in [-0.15, -0.1) is 11.3 Å². The van der Waals surface area contributed by atoms with Crippen molar-refractivity contribution in [3.8, 4) is 0 Å². The van der Waals surface area contributed by atoms with Gasteiger partial charge in [-0.3, -0.25) is 0 Å². The van der Waals surface area contributed by atoms with Crippen LogP contribution < -0.4 is 4.72 Å². The highest BCUT2D eigenvalue weighted by Gasteiger charge is 2.31. The van der Waals surface area contributed by atoms with Gasteiger partial charge in [-0.1, -0.05) is 0 Å². The molecule has 2 N–H and O–H groups in total. The van der Waals surface area contributed by atoms with Gasteiger partial charge in [0.15, 0.2) is 0 Å². The number of ether oxygens (including phenoxy) is 1. The molecule has 1 atom stereocenters. The van der Waals surface area contributed by atoms with Gasteiger partial charge in [0.1, 0.15) is 4.21 Å². The van der Waals surface area contributed by atoms with Crippen LogP contribution in [0.4, 0.5) is 0 Å². The summed E-state index contributed by atoms with van der Waals surface area (Å²) in [6.45, 7) is 2.69. The third-order valence-electron chi connectivity index (χ3n) is 3.02. The van der Waals surface area contributed by atoms with Gasteiger partial charge < -0.3 is 9.84 Å². The SMILES string of the molecule is CC1(CNS(=O)(=O)c2cc(C(=O)O)cs2)CCCO1. The topological polar surface area (TPSA) is 92.7 Å². The quantitative estimate of drug-likeness (QED) is 0.855. The Kier molecular flexibility index (Phi) is 3.95. The average molecular weight is 305 g/mol. The maximum atomic E-state index is 12.0. The summed E-state index contributed by atoms with van der Waals surface area (Å²) >= 11 is 0.894. The number of aromatic carboxylic acids is 1. The molecule has 1 aromatic rings. The smallest absolute Gasteiger partial charge is 0.336 e. The van der Waals surface area contributed by atoms with E-state index in [2.05, 4.69) is 4.72 Å². The average Bonchev–Trinajstić information content (AvgIpc) is 2.96. The van der Waals surface area contributed by atoms with Gasteiger partial charge >= 0.3 is 5.97 Å². The van der Waals surface area contributed by atoms with Gasteiger partial charge in [-0.05, 0) is 25.8 Å². The first-order valence-corrected chi connectivity index (χ1v) is 8.14. The van der Waals surface area contributed by atoms with E-state index in [1.807, 2.05) is 6.92 Å². The summed E-state index contributed by atoms with van der Waals surface area (Å²) < 4.78 is 32.0. The lowest BCUT2D eigenvalue weighted by molar-refractivity contribution is 0.0250. The third kappa shape index (κ3) is 3.33. The molecular formula is C11H15NO5S2. The van der Waals surface area contributed by atoms with Gasteiger partial charge in [0.25, 0.3) is 0 Å². The standard InChI is InChI=1S/C11H15NO5S2/c1-11(3-2-4-17-11)7-12-19(15,16)9-5-8(6-18-9)10(13)14/h5-6,12H,2-4,7H2,1H3,(H,13,14). The van der Waals surface area contributed by atoms with Gasteiger partial charge in [0.2, 0.25) is 10.0 Å². The van der Waals surface area contributed by atoms with Gasteiger partial charge in [-0.2, -0.15) is 0 Å². The predicted molar refractivity (Wildman–Crippen MR) is 70.1 cm³/mol. The number of rotatable bonds is 5. The highest BCUT2D eigenvalue weighted by molar-refractivity contribution is 7.91. The lowest BCUT2D eigenvalue weighted by Gasteiger charge is -2.22. The van der Waals surface area contributed by atoms with Crippen LogP contribution in [0.3, 0.4) is 0 Å². The molecule has 1 aliphatic rings. The Morgan fingerprint density at radius 2 is 2.37 bits per heavy atom. The summed E-state index contributed by atoms with van der Waals surface area (Å²) in [6.07, 6.45) is 1.72. The summed E-state index contributed by atoms with van der Waals surface area (Å²) in [5.74, 6) is -1.14. The molecule has 1 saturated heterocycles. The maximum absolute atomic E-state index is 12.0. The minimum atomic E-state index is -3.67. The van der Waals surface area contributed by atoms with E-state index >= 15 is 0 Å². The number of hydrogen-bond donors (Lipinski definition) is 2. The molecule has 8 heteroatoms. The number of carbonyl (C=O) groups is 1. The third-order valence-corrected chi connectivity index (χ3v) is 5.86. The van der Waals surface area contributed by atoms with Crippen molar-refractivity contribution in [1.82, 2.24) is 4.72 Å². The zero-order valence-electron chi connectivity index (χ0n) is 10.4. The number of carboxylic acids is 1. The summed E-state index contributed by atoms with van der Waals surface area (Å²) in [7, 11) is -3.67.